The summed E-state index contributed by atoms with van der Waals surface area (Å²) >= 11 is 6.42. The summed E-state index contributed by atoms with van der Waals surface area (Å²) in [6.45, 7) is 4.76. The molecule has 2 aromatic carbocycles. The Morgan fingerprint density at radius 3 is 2.15 bits per heavy atom. The van der Waals surface area contributed by atoms with E-state index in [2.05, 4.69) is 10.4 Å². The van der Waals surface area contributed by atoms with Gasteiger partial charge in [-0.2, -0.15) is 18.3 Å². The molecule has 0 radical (unpaired) electrons. The first-order valence-electron chi connectivity index (χ1n) is 10.3. The number of benzene rings is 2. The lowest BCUT2D eigenvalue weighted by Gasteiger charge is -2.31. The summed E-state index contributed by atoms with van der Waals surface area (Å²) in [6.07, 6.45) is -4.41. The zero-order valence-corrected chi connectivity index (χ0v) is 20.0. The van der Waals surface area contributed by atoms with Gasteiger partial charge >= 0.3 is 12.1 Å². The highest BCUT2D eigenvalue weighted by Crippen LogP contribution is 2.37. The molecular formula is C24H25ClF3N3O3. The third-order valence-corrected chi connectivity index (χ3v) is 6.08. The Bertz CT molecular complexity index is 1210. The van der Waals surface area contributed by atoms with Crippen LogP contribution in [0.1, 0.15) is 37.6 Å². The fraction of sp³-hybridized carbons (Fsp3) is 0.333. The largest absolute Gasteiger partial charge is 0.478 e. The van der Waals surface area contributed by atoms with Crippen molar-refractivity contribution in [2.24, 2.45) is 7.05 Å². The molecule has 6 nitrogen and oxygen atoms in total. The maximum absolute atomic E-state index is 12.9. The summed E-state index contributed by atoms with van der Waals surface area (Å²) in [4.78, 5) is 11.4. The van der Waals surface area contributed by atoms with Crippen LogP contribution in [0.15, 0.2) is 48.5 Å². The molecule has 34 heavy (non-hydrogen) atoms. The number of aliphatic carboxylic acids is 1. The van der Waals surface area contributed by atoms with Crippen LogP contribution in [-0.4, -0.2) is 33.5 Å². The zero-order valence-electron chi connectivity index (χ0n) is 19.3. The maximum Gasteiger partial charge on any atom is 0.416 e. The van der Waals surface area contributed by atoms with Gasteiger partial charge in [0, 0.05) is 12.6 Å². The quantitative estimate of drug-likeness (QED) is 0.453. The number of halogens is 4. The molecule has 1 atom stereocenters. The van der Waals surface area contributed by atoms with E-state index in [-0.39, 0.29) is 10.8 Å². The van der Waals surface area contributed by atoms with E-state index in [9.17, 15) is 23.1 Å². The van der Waals surface area contributed by atoms with Crippen LogP contribution >= 0.6 is 11.6 Å². The normalized spacial score (nSPS) is 14.0. The molecule has 0 bridgehead atoms. The Morgan fingerprint density at radius 2 is 1.65 bits per heavy atom. The van der Waals surface area contributed by atoms with Gasteiger partial charge in [0.15, 0.2) is 5.60 Å². The van der Waals surface area contributed by atoms with Gasteiger partial charge in [0.2, 0.25) is 0 Å². The topological polar surface area (TPSA) is 76.4 Å². The summed E-state index contributed by atoms with van der Waals surface area (Å²) in [5.41, 5.74) is -0.418. The molecule has 2 N–H and O–H groups in total. The highest BCUT2D eigenvalue weighted by molar-refractivity contribution is 6.32. The minimum atomic E-state index is -4.41. The van der Waals surface area contributed by atoms with Crippen molar-refractivity contribution in [2.45, 2.75) is 38.1 Å². The summed E-state index contributed by atoms with van der Waals surface area (Å²) in [5.74, 6) is -0.898. The third kappa shape index (κ3) is 4.90. The average molecular weight is 496 g/mol. The zero-order chi connectivity index (χ0) is 25.5. The van der Waals surface area contributed by atoms with Crippen LogP contribution in [0, 0.1) is 0 Å². The summed E-state index contributed by atoms with van der Waals surface area (Å²) in [6, 6.07) is 11.7. The number of hydrogen-bond donors (Lipinski definition) is 2. The molecule has 0 fully saturated rings. The van der Waals surface area contributed by atoms with Crippen molar-refractivity contribution in [3.8, 4) is 17.0 Å². The van der Waals surface area contributed by atoms with E-state index in [1.54, 1.807) is 43.0 Å². The van der Waals surface area contributed by atoms with Gasteiger partial charge in [-0.05, 0) is 63.7 Å². The summed E-state index contributed by atoms with van der Waals surface area (Å²) in [7, 11) is 3.50. The number of carboxylic acids is 1. The number of aryl methyl sites for hydroxylation is 1. The van der Waals surface area contributed by atoms with Crippen molar-refractivity contribution in [1.82, 2.24) is 15.1 Å². The molecule has 0 saturated carbocycles. The lowest BCUT2D eigenvalue weighted by molar-refractivity contribution is -0.152. The van der Waals surface area contributed by atoms with E-state index in [0.29, 0.717) is 11.3 Å². The number of alkyl halides is 3. The van der Waals surface area contributed by atoms with Crippen LogP contribution in [0.2, 0.25) is 5.02 Å². The van der Waals surface area contributed by atoms with E-state index in [1.165, 1.54) is 26.0 Å². The number of ether oxygens (including phenoxy) is 1. The maximum atomic E-state index is 12.9. The Morgan fingerprint density at radius 1 is 1.06 bits per heavy atom. The lowest BCUT2D eigenvalue weighted by atomic mass is 9.88. The van der Waals surface area contributed by atoms with Gasteiger partial charge in [-0.3, -0.25) is 4.68 Å². The van der Waals surface area contributed by atoms with Gasteiger partial charge in [0.1, 0.15) is 5.75 Å². The van der Waals surface area contributed by atoms with Gasteiger partial charge in [0.25, 0.3) is 0 Å². The second-order valence-corrected chi connectivity index (χ2v) is 8.96. The third-order valence-electron chi connectivity index (χ3n) is 5.79. The van der Waals surface area contributed by atoms with Crippen LogP contribution in [-0.2, 0) is 23.6 Å². The molecule has 0 amide bonds. The highest BCUT2D eigenvalue weighted by atomic mass is 35.5. The Hall–Kier alpha value is -3.04. The minimum Gasteiger partial charge on any atom is -0.478 e. The second kappa shape index (κ2) is 8.96. The molecule has 0 aliphatic carbocycles. The molecule has 1 heterocycles. The number of carboxylic acid groups (broad SMARTS) is 1. The first-order valence-corrected chi connectivity index (χ1v) is 10.7. The number of rotatable bonds is 7. The molecule has 0 saturated heterocycles. The van der Waals surface area contributed by atoms with Crippen molar-refractivity contribution in [3.05, 3.63) is 70.4 Å². The van der Waals surface area contributed by atoms with Crippen LogP contribution in [0.4, 0.5) is 13.2 Å². The summed E-state index contributed by atoms with van der Waals surface area (Å²) < 4.78 is 45.9. The molecule has 3 aromatic rings. The van der Waals surface area contributed by atoms with Crippen molar-refractivity contribution in [3.63, 3.8) is 0 Å². The molecule has 0 aliphatic rings. The SMILES string of the molecule is CNC(C)(c1ccc(OC(C)(C)C(=O)O)c(Cl)c1)c1cc(-c2ccc(C(F)(F)F)cc2)nn1C. The van der Waals surface area contributed by atoms with Crippen molar-refractivity contribution in [1.29, 1.82) is 0 Å². The first-order chi connectivity index (χ1) is 15.7. The van der Waals surface area contributed by atoms with Crippen molar-refractivity contribution in [2.75, 3.05) is 7.05 Å². The van der Waals surface area contributed by atoms with Crippen molar-refractivity contribution >= 4 is 17.6 Å². The van der Waals surface area contributed by atoms with E-state index < -0.39 is 28.8 Å². The van der Waals surface area contributed by atoms with Gasteiger partial charge in [0.05, 0.1) is 27.5 Å². The molecule has 1 aromatic heterocycles. The number of nitrogens with zero attached hydrogens (tertiary/aromatic N) is 2. The van der Waals surface area contributed by atoms with E-state index in [4.69, 9.17) is 16.3 Å². The van der Waals surface area contributed by atoms with Gasteiger partial charge in [-0.1, -0.05) is 29.8 Å². The molecule has 10 heteroatoms. The fourth-order valence-corrected chi connectivity index (χ4v) is 3.76. The van der Waals surface area contributed by atoms with E-state index in [1.807, 2.05) is 6.92 Å². The molecule has 182 valence electrons. The number of carbonyl (C=O) groups is 1. The predicted molar refractivity (Wildman–Crippen MR) is 123 cm³/mol. The molecule has 1 unspecified atom stereocenters. The molecule has 0 spiro atoms. The number of hydrogen-bond acceptors (Lipinski definition) is 4. The average Bonchev–Trinajstić information content (AvgIpc) is 3.16. The Labute approximate surface area is 200 Å². The lowest BCUT2D eigenvalue weighted by Crippen LogP contribution is -2.40. The van der Waals surface area contributed by atoms with E-state index >= 15 is 0 Å². The Balaban J connectivity index is 1.98. The molecule has 3 rings (SSSR count). The highest BCUT2D eigenvalue weighted by Gasteiger charge is 2.34. The van der Waals surface area contributed by atoms with Crippen LogP contribution in [0.5, 0.6) is 5.75 Å². The number of nitrogens with one attached hydrogen (secondary N) is 1. The first kappa shape index (κ1) is 25.6. The fourth-order valence-electron chi connectivity index (χ4n) is 3.54. The van der Waals surface area contributed by atoms with Gasteiger partial charge in [-0.15, -0.1) is 0 Å². The predicted octanol–water partition coefficient (Wildman–Crippen LogP) is 5.48. The van der Waals surface area contributed by atoms with Crippen molar-refractivity contribution < 1.29 is 27.8 Å². The summed E-state index contributed by atoms with van der Waals surface area (Å²) in [5, 5.41) is 17.3. The smallest absolute Gasteiger partial charge is 0.416 e. The van der Waals surface area contributed by atoms with Crippen LogP contribution in [0.3, 0.4) is 0 Å². The molecule has 0 aliphatic heterocycles. The van der Waals surface area contributed by atoms with Gasteiger partial charge < -0.3 is 15.2 Å². The monoisotopic (exact) mass is 495 g/mol. The molecular weight excluding hydrogens is 471 g/mol. The Kier molecular flexibility index (Phi) is 6.74. The number of aromatic nitrogens is 2. The standard InChI is InChI=1S/C24H25ClF3N3O3/c1-22(2,21(32)33)34-19-11-10-16(12-17(19)25)23(3,29-4)20-13-18(30-31(20)5)14-6-8-15(9-7-14)24(26,27)28/h6-13,29H,1-5H3,(H,32,33). The van der Waals surface area contributed by atoms with Crippen LogP contribution < -0.4 is 10.1 Å². The second-order valence-electron chi connectivity index (χ2n) is 8.55. The van der Waals surface area contributed by atoms with Gasteiger partial charge in [-0.25, -0.2) is 4.79 Å². The van der Waals surface area contributed by atoms with E-state index in [0.717, 1.165) is 23.4 Å². The van der Waals surface area contributed by atoms with Crippen LogP contribution in [0.25, 0.3) is 11.3 Å². The minimum absolute atomic E-state index is 0.228.